The lowest BCUT2D eigenvalue weighted by atomic mass is 10.1. The van der Waals surface area contributed by atoms with Crippen molar-refractivity contribution in [2.24, 2.45) is 5.92 Å². The Bertz CT molecular complexity index is 960. The average molecular weight is 378 g/mol. The van der Waals surface area contributed by atoms with E-state index in [2.05, 4.69) is 56.0 Å². The lowest BCUT2D eigenvalue weighted by molar-refractivity contribution is -0.144. The van der Waals surface area contributed by atoms with Crippen molar-refractivity contribution in [2.45, 2.75) is 32.0 Å². The standard InChI is InChI=1S/C23H22O3S/c1-3-23(24)26-20-12-11-19(15(20)2)25-18-10-9-17-13-21(27-22(17)14-18)16-7-5-4-6-8-16/h3-10,13-15,19-20H,1,11-12H2,2H3. The third-order valence-electron chi connectivity index (χ3n) is 5.18. The van der Waals surface area contributed by atoms with Crippen LogP contribution in [0.3, 0.4) is 0 Å². The Kier molecular flexibility index (Phi) is 4.99. The number of carbonyl (C=O) groups is 1. The molecule has 4 heteroatoms. The Labute approximate surface area is 163 Å². The van der Waals surface area contributed by atoms with Gasteiger partial charge in [-0.25, -0.2) is 4.79 Å². The third-order valence-corrected chi connectivity index (χ3v) is 6.33. The lowest BCUT2D eigenvalue weighted by Crippen LogP contribution is -2.27. The first-order valence-corrected chi connectivity index (χ1v) is 10.0. The summed E-state index contributed by atoms with van der Waals surface area (Å²) in [6, 6.07) is 18.9. The second-order valence-corrected chi connectivity index (χ2v) is 8.03. The van der Waals surface area contributed by atoms with Gasteiger partial charge >= 0.3 is 5.97 Å². The maximum Gasteiger partial charge on any atom is 0.330 e. The number of esters is 1. The van der Waals surface area contributed by atoms with E-state index in [1.54, 1.807) is 11.3 Å². The molecule has 3 atom stereocenters. The monoisotopic (exact) mass is 378 g/mol. The Morgan fingerprint density at radius 3 is 2.67 bits per heavy atom. The van der Waals surface area contributed by atoms with Gasteiger partial charge in [-0.2, -0.15) is 0 Å². The number of thiophene rings is 1. The second-order valence-electron chi connectivity index (χ2n) is 6.95. The fourth-order valence-electron chi connectivity index (χ4n) is 3.63. The molecule has 0 aliphatic heterocycles. The SMILES string of the molecule is C=CC(=O)OC1CCC(Oc2ccc3cc(-c4ccccc4)sc3c2)C1C. The predicted octanol–water partition coefficient (Wildman–Crippen LogP) is 5.84. The van der Waals surface area contributed by atoms with Gasteiger partial charge in [0.25, 0.3) is 0 Å². The Morgan fingerprint density at radius 1 is 1.11 bits per heavy atom. The molecule has 1 aromatic heterocycles. The maximum absolute atomic E-state index is 11.5. The molecule has 0 saturated heterocycles. The van der Waals surface area contributed by atoms with Crippen molar-refractivity contribution in [3.63, 3.8) is 0 Å². The van der Waals surface area contributed by atoms with Crippen molar-refractivity contribution in [1.82, 2.24) is 0 Å². The summed E-state index contributed by atoms with van der Waals surface area (Å²) in [7, 11) is 0. The lowest BCUT2D eigenvalue weighted by Gasteiger charge is -2.21. The van der Waals surface area contributed by atoms with Crippen LogP contribution in [-0.4, -0.2) is 18.2 Å². The molecule has 1 aliphatic carbocycles. The molecule has 0 amide bonds. The van der Waals surface area contributed by atoms with Gasteiger partial charge in [-0.3, -0.25) is 0 Å². The van der Waals surface area contributed by atoms with Crippen LogP contribution in [0, 0.1) is 5.92 Å². The molecule has 3 aromatic rings. The molecular weight excluding hydrogens is 356 g/mol. The van der Waals surface area contributed by atoms with E-state index >= 15 is 0 Å². The van der Waals surface area contributed by atoms with Gasteiger partial charge in [-0.1, -0.05) is 43.8 Å². The van der Waals surface area contributed by atoms with Gasteiger partial charge < -0.3 is 9.47 Å². The molecule has 3 unspecified atom stereocenters. The molecule has 0 radical (unpaired) electrons. The first kappa shape index (κ1) is 17.8. The average Bonchev–Trinajstić information content (AvgIpc) is 3.27. The number of ether oxygens (including phenoxy) is 2. The first-order chi connectivity index (χ1) is 13.1. The Hall–Kier alpha value is -2.59. The van der Waals surface area contributed by atoms with Gasteiger partial charge in [0.2, 0.25) is 0 Å². The molecule has 138 valence electrons. The van der Waals surface area contributed by atoms with E-state index in [9.17, 15) is 4.79 Å². The molecule has 1 saturated carbocycles. The molecule has 1 fully saturated rings. The quantitative estimate of drug-likeness (QED) is 0.413. The summed E-state index contributed by atoms with van der Waals surface area (Å²) in [5, 5.41) is 1.23. The number of fused-ring (bicyclic) bond motifs is 1. The topological polar surface area (TPSA) is 35.5 Å². The van der Waals surface area contributed by atoms with Gasteiger partial charge in [0.05, 0.1) is 0 Å². The zero-order chi connectivity index (χ0) is 18.8. The normalized spacial score (nSPS) is 21.9. The summed E-state index contributed by atoms with van der Waals surface area (Å²) < 4.78 is 12.9. The van der Waals surface area contributed by atoms with E-state index < -0.39 is 0 Å². The van der Waals surface area contributed by atoms with E-state index in [-0.39, 0.29) is 24.1 Å². The predicted molar refractivity (Wildman–Crippen MR) is 110 cm³/mol. The maximum atomic E-state index is 11.5. The zero-order valence-electron chi connectivity index (χ0n) is 15.3. The molecule has 0 spiro atoms. The van der Waals surface area contributed by atoms with E-state index in [1.165, 1.54) is 26.6 Å². The molecule has 1 aliphatic rings. The van der Waals surface area contributed by atoms with Gasteiger partial charge in [0, 0.05) is 21.6 Å². The fraction of sp³-hybridized carbons (Fsp3) is 0.261. The smallest absolute Gasteiger partial charge is 0.330 e. The molecule has 27 heavy (non-hydrogen) atoms. The van der Waals surface area contributed by atoms with Gasteiger partial charge in [0.15, 0.2) is 0 Å². The first-order valence-electron chi connectivity index (χ1n) is 9.23. The summed E-state index contributed by atoms with van der Waals surface area (Å²) in [6.07, 6.45) is 2.88. The van der Waals surface area contributed by atoms with Crippen LogP contribution in [0.5, 0.6) is 5.75 Å². The summed E-state index contributed by atoms with van der Waals surface area (Å²) >= 11 is 1.77. The van der Waals surface area contributed by atoms with E-state index in [0.717, 1.165) is 18.6 Å². The highest BCUT2D eigenvalue weighted by Crippen LogP contribution is 2.37. The highest BCUT2D eigenvalue weighted by Gasteiger charge is 2.36. The minimum absolute atomic E-state index is 0.0543. The zero-order valence-corrected chi connectivity index (χ0v) is 16.1. The number of rotatable bonds is 5. The van der Waals surface area contributed by atoms with Crippen molar-refractivity contribution in [2.75, 3.05) is 0 Å². The van der Waals surface area contributed by atoms with Crippen LogP contribution in [0.15, 0.2) is 67.3 Å². The molecule has 0 bridgehead atoms. The Balaban J connectivity index is 1.50. The molecule has 2 aromatic carbocycles. The number of carbonyl (C=O) groups excluding carboxylic acids is 1. The minimum atomic E-state index is -0.360. The summed E-state index contributed by atoms with van der Waals surface area (Å²) in [5.41, 5.74) is 1.23. The van der Waals surface area contributed by atoms with Gasteiger partial charge in [-0.15, -0.1) is 11.3 Å². The van der Waals surface area contributed by atoms with E-state index in [1.807, 2.05) is 12.1 Å². The van der Waals surface area contributed by atoms with Crippen LogP contribution in [0.1, 0.15) is 19.8 Å². The summed E-state index contributed by atoms with van der Waals surface area (Å²) in [4.78, 5) is 12.7. The molecule has 1 heterocycles. The van der Waals surface area contributed by atoms with Crippen LogP contribution in [-0.2, 0) is 9.53 Å². The Morgan fingerprint density at radius 2 is 1.89 bits per heavy atom. The molecule has 3 nitrogen and oxygen atoms in total. The molecule has 4 rings (SSSR count). The van der Waals surface area contributed by atoms with Crippen LogP contribution >= 0.6 is 11.3 Å². The number of benzene rings is 2. The molecular formula is C23H22O3S. The van der Waals surface area contributed by atoms with Crippen molar-refractivity contribution in [3.05, 3.63) is 67.3 Å². The van der Waals surface area contributed by atoms with Crippen LogP contribution < -0.4 is 4.74 Å². The molecule has 0 N–H and O–H groups in total. The second kappa shape index (κ2) is 7.57. The fourth-order valence-corrected chi connectivity index (χ4v) is 4.72. The third kappa shape index (κ3) is 3.76. The van der Waals surface area contributed by atoms with Gasteiger partial charge in [-0.05, 0) is 48.1 Å². The van der Waals surface area contributed by atoms with Crippen molar-refractivity contribution in [1.29, 1.82) is 0 Å². The summed E-state index contributed by atoms with van der Waals surface area (Å²) in [5.74, 6) is 0.672. The number of hydrogen-bond acceptors (Lipinski definition) is 4. The number of hydrogen-bond donors (Lipinski definition) is 0. The highest BCUT2D eigenvalue weighted by molar-refractivity contribution is 7.22. The minimum Gasteiger partial charge on any atom is -0.490 e. The highest BCUT2D eigenvalue weighted by atomic mass is 32.1. The summed E-state index contributed by atoms with van der Waals surface area (Å²) in [6.45, 7) is 5.54. The largest absolute Gasteiger partial charge is 0.490 e. The van der Waals surface area contributed by atoms with E-state index in [0.29, 0.717) is 0 Å². The van der Waals surface area contributed by atoms with Crippen molar-refractivity contribution in [3.8, 4) is 16.2 Å². The van der Waals surface area contributed by atoms with Gasteiger partial charge in [0.1, 0.15) is 18.0 Å². The van der Waals surface area contributed by atoms with Crippen LogP contribution in [0.25, 0.3) is 20.5 Å². The van der Waals surface area contributed by atoms with Crippen LogP contribution in [0.2, 0.25) is 0 Å². The van der Waals surface area contributed by atoms with Crippen molar-refractivity contribution >= 4 is 27.4 Å². The van der Waals surface area contributed by atoms with Crippen LogP contribution in [0.4, 0.5) is 0 Å². The van der Waals surface area contributed by atoms with Crippen molar-refractivity contribution < 1.29 is 14.3 Å². The van der Waals surface area contributed by atoms with E-state index in [4.69, 9.17) is 9.47 Å².